The predicted molar refractivity (Wildman–Crippen MR) is 104 cm³/mol. The Kier molecular flexibility index (Phi) is 5.76. The van der Waals surface area contributed by atoms with Crippen LogP contribution in [0.2, 0.25) is 0 Å². The van der Waals surface area contributed by atoms with Crippen molar-refractivity contribution in [1.29, 1.82) is 0 Å². The molecule has 0 unspecified atom stereocenters. The number of carbonyl (C=O) groups is 1. The van der Waals surface area contributed by atoms with Crippen LogP contribution < -0.4 is 4.90 Å². The maximum Gasteiger partial charge on any atom is 0.263 e. The Morgan fingerprint density at radius 1 is 1.24 bits per heavy atom. The first kappa shape index (κ1) is 18.0. The average Bonchev–Trinajstić information content (AvgIpc) is 3.03. The first-order valence-corrected chi connectivity index (χ1v) is 9.66. The molecule has 2 aromatic rings. The van der Waals surface area contributed by atoms with Crippen LogP contribution in [0.1, 0.15) is 32.6 Å². The van der Waals surface area contributed by atoms with Gasteiger partial charge in [-0.25, -0.2) is 0 Å². The van der Waals surface area contributed by atoms with Gasteiger partial charge in [0, 0.05) is 37.2 Å². The third-order valence-corrected chi connectivity index (χ3v) is 5.77. The van der Waals surface area contributed by atoms with Crippen molar-refractivity contribution in [2.45, 2.75) is 26.8 Å². The number of aryl methyl sites for hydroxylation is 2. The number of nitrogens with zero attached hydrogens (tertiary/aromatic N) is 2. The maximum atomic E-state index is 12.7. The summed E-state index contributed by atoms with van der Waals surface area (Å²) in [6, 6.07) is 10.6. The molecule has 0 N–H and O–H groups in total. The number of carbonyl (C=O) groups excluding carboxylic acids is 1. The molecule has 0 aliphatic carbocycles. The van der Waals surface area contributed by atoms with Gasteiger partial charge in [-0.15, -0.1) is 11.3 Å². The Hall–Kier alpha value is -1.85. The van der Waals surface area contributed by atoms with Crippen molar-refractivity contribution in [3.63, 3.8) is 0 Å². The van der Waals surface area contributed by atoms with Crippen LogP contribution in [0, 0.1) is 6.92 Å². The molecule has 0 spiro atoms. The van der Waals surface area contributed by atoms with Crippen LogP contribution in [0.15, 0.2) is 30.3 Å². The van der Waals surface area contributed by atoms with Crippen molar-refractivity contribution < 1.29 is 9.53 Å². The number of amides is 1. The lowest BCUT2D eigenvalue weighted by Crippen LogP contribution is -2.36. The van der Waals surface area contributed by atoms with Gasteiger partial charge in [-0.2, -0.15) is 0 Å². The van der Waals surface area contributed by atoms with Gasteiger partial charge in [0.15, 0.2) is 0 Å². The number of hydrogen-bond donors (Lipinski definition) is 0. The van der Waals surface area contributed by atoms with Crippen molar-refractivity contribution in [2.24, 2.45) is 0 Å². The topological polar surface area (TPSA) is 32.8 Å². The van der Waals surface area contributed by atoms with E-state index in [0.717, 1.165) is 43.2 Å². The van der Waals surface area contributed by atoms with Crippen LogP contribution >= 0.6 is 11.3 Å². The second kappa shape index (κ2) is 8.02. The normalized spacial score (nSPS) is 14.6. The number of rotatable bonds is 5. The molecule has 1 fully saturated rings. The van der Waals surface area contributed by atoms with Crippen LogP contribution in [0.25, 0.3) is 0 Å². The van der Waals surface area contributed by atoms with E-state index < -0.39 is 0 Å². The highest BCUT2D eigenvalue weighted by Crippen LogP contribution is 2.24. The summed E-state index contributed by atoms with van der Waals surface area (Å²) in [6.45, 7) is 8.30. The summed E-state index contributed by atoms with van der Waals surface area (Å²) in [5.74, 6) is 0.102. The molecule has 0 atom stereocenters. The van der Waals surface area contributed by atoms with Crippen LogP contribution in [0.4, 0.5) is 5.69 Å². The highest BCUT2D eigenvalue weighted by atomic mass is 32.1. The largest absolute Gasteiger partial charge is 0.378 e. The lowest BCUT2D eigenvalue weighted by molar-refractivity contribution is 0.0790. The molecule has 134 valence electrons. The quantitative estimate of drug-likeness (QED) is 0.816. The van der Waals surface area contributed by atoms with Gasteiger partial charge in [0.05, 0.1) is 18.1 Å². The van der Waals surface area contributed by atoms with Crippen molar-refractivity contribution in [3.05, 3.63) is 51.2 Å². The minimum Gasteiger partial charge on any atom is -0.378 e. The maximum absolute atomic E-state index is 12.7. The summed E-state index contributed by atoms with van der Waals surface area (Å²) in [4.78, 5) is 18.9. The van der Waals surface area contributed by atoms with Crippen molar-refractivity contribution in [1.82, 2.24) is 4.90 Å². The second-order valence-corrected chi connectivity index (χ2v) is 7.73. The number of hydrogen-bond acceptors (Lipinski definition) is 4. The molecule has 0 bridgehead atoms. The van der Waals surface area contributed by atoms with Crippen LogP contribution in [-0.2, 0) is 17.7 Å². The minimum absolute atomic E-state index is 0.102. The van der Waals surface area contributed by atoms with Gasteiger partial charge >= 0.3 is 0 Å². The standard InChI is InChI=1S/C20H26N2O2S/c1-4-17-13-19(25-15(17)2)20(23)21(3)14-16-5-7-18(8-6-16)22-9-11-24-12-10-22/h5-8,13H,4,9-12,14H2,1-3H3. The lowest BCUT2D eigenvalue weighted by atomic mass is 10.1. The molecule has 1 aliphatic heterocycles. The van der Waals surface area contributed by atoms with E-state index >= 15 is 0 Å². The molecule has 1 aliphatic rings. The van der Waals surface area contributed by atoms with E-state index in [9.17, 15) is 4.79 Å². The van der Waals surface area contributed by atoms with Crippen molar-refractivity contribution >= 4 is 22.9 Å². The molecule has 5 heteroatoms. The molecule has 0 saturated carbocycles. The van der Waals surface area contributed by atoms with E-state index in [1.807, 2.05) is 13.1 Å². The van der Waals surface area contributed by atoms with Crippen LogP contribution in [0.5, 0.6) is 0 Å². The van der Waals surface area contributed by atoms with Gasteiger partial charge in [-0.1, -0.05) is 19.1 Å². The van der Waals surface area contributed by atoms with Gasteiger partial charge in [0.25, 0.3) is 5.91 Å². The van der Waals surface area contributed by atoms with Gasteiger partial charge < -0.3 is 14.5 Å². The Morgan fingerprint density at radius 2 is 1.92 bits per heavy atom. The number of thiophene rings is 1. The fraction of sp³-hybridized carbons (Fsp3) is 0.450. The smallest absolute Gasteiger partial charge is 0.263 e. The molecular weight excluding hydrogens is 332 g/mol. The van der Waals surface area contributed by atoms with Gasteiger partial charge in [-0.3, -0.25) is 4.79 Å². The zero-order chi connectivity index (χ0) is 17.8. The molecule has 0 radical (unpaired) electrons. The third-order valence-electron chi connectivity index (χ3n) is 4.69. The molecule has 1 amide bonds. The number of ether oxygens (including phenoxy) is 1. The third kappa shape index (κ3) is 4.22. The van der Waals surface area contributed by atoms with Gasteiger partial charge in [0.2, 0.25) is 0 Å². The average molecular weight is 359 g/mol. The van der Waals surface area contributed by atoms with Crippen molar-refractivity contribution in [3.8, 4) is 0 Å². The molecular formula is C20H26N2O2S. The summed E-state index contributed by atoms with van der Waals surface area (Å²) in [5.41, 5.74) is 3.65. The number of anilines is 1. The Morgan fingerprint density at radius 3 is 2.52 bits per heavy atom. The van der Waals surface area contributed by atoms with E-state index in [2.05, 4.69) is 43.0 Å². The fourth-order valence-corrected chi connectivity index (χ4v) is 4.25. The van der Waals surface area contributed by atoms with E-state index in [1.54, 1.807) is 16.2 Å². The number of morpholine rings is 1. The predicted octanol–water partition coefficient (Wildman–Crippen LogP) is 3.73. The fourth-order valence-electron chi connectivity index (χ4n) is 3.14. The SMILES string of the molecule is CCc1cc(C(=O)N(C)Cc2ccc(N3CCOCC3)cc2)sc1C. The zero-order valence-electron chi connectivity index (χ0n) is 15.2. The van der Waals surface area contributed by atoms with Crippen LogP contribution in [-0.4, -0.2) is 44.2 Å². The molecule has 25 heavy (non-hydrogen) atoms. The molecule has 1 aromatic carbocycles. The molecule has 4 nitrogen and oxygen atoms in total. The van der Waals surface area contributed by atoms with E-state index in [-0.39, 0.29) is 5.91 Å². The second-order valence-electron chi connectivity index (χ2n) is 6.47. The summed E-state index contributed by atoms with van der Waals surface area (Å²) in [7, 11) is 1.87. The van der Waals surface area contributed by atoms with Crippen molar-refractivity contribution in [2.75, 3.05) is 38.3 Å². The molecule has 2 heterocycles. The Labute approximate surface area is 154 Å². The summed E-state index contributed by atoms with van der Waals surface area (Å²) in [6.07, 6.45) is 0.975. The zero-order valence-corrected chi connectivity index (χ0v) is 16.1. The van der Waals surface area contributed by atoms with Gasteiger partial charge in [0.1, 0.15) is 0 Å². The highest BCUT2D eigenvalue weighted by Gasteiger charge is 2.16. The summed E-state index contributed by atoms with van der Waals surface area (Å²) >= 11 is 1.60. The van der Waals surface area contributed by atoms with Gasteiger partial charge in [-0.05, 0) is 42.7 Å². The van der Waals surface area contributed by atoms with E-state index in [0.29, 0.717) is 6.54 Å². The Balaban J connectivity index is 1.63. The molecule has 3 rings (SSSR count). The molecule has 1 aromatic heterocycles. The molecule has 1 saturated heterocycles. The Bertz CT molecular complexity index is 718. The highest BCUT2D eigenvalue weighted by molar-refractivity contribution is 7.14. The monoisotopic (exact) mass is 358 g/mol. The van der Waals surface area contributed by atoms with E-state index in [4.69, 9.17) is 4.74 Å². The number of benzene rings is 1. The van der Waals surface area contributed by atoms with E-state index in [1.165, 1.54) is 16.1 Å². The first-order chi connectivity index (χ1) is 12.1. The summed E-state index contributed by atoms with van der Waals surface area (Å²) in [5, 5.41) is 0. The summed E-state index contributed by atoms with van der Waals surface area (Å²) < 4.78 is 5.40. The first-order valence-electron chi connectivity index (χ1n) is 8.85. The van der Waals surface area contributed by atoms with Crippen LogP contribution in [0.3, 0.4) is 0 Å². The lowest BCUT2D eigenvalue weighted by Gasteiger charge is -2.29. The minimum atomic E-state index is 0.102.